The van der Waals surface area contributed by atoms with Gasteiger partial charge < -0.3 is 10.3 Å². The zero-order valence-electron chi connectivity index (χ0n) is 14.1. The highest BCUT2D eigenvalue weighted by Crippen LogP contribution is 2.25. The summed E-state index contributed by atoms with van der Waals surface area (Å²) in [5, 5.41) is 4.28. The summed E-state index contributed by atoms with van der Waals surface area (Å²) in [4.78, 5) is 21.8. The summed E-state index contributed by atoms with van der Waals surface area (Å²) in [7, 11) is 0. The lowest BCUT2D eigenvalue weighted by Crippen LogP contribution is -2.29. The molecule has 0 fully saturated rings. The lowest BCUT2D eigenvalue weighted by atomic mass is 10.1. The number of hydrogen-bond acceptors (Lipinski definition) is 4. The van der Waals surface area contributed by atoms with Crippen LogP contribution in [0.3, 0.4) is 0 Å². The molecule has 22 heavy (non-hydrogen) atoms. The summed E-state index contributed by atoms with van der Waals surface area (Å²) in [6.45, 7) is 9.09. The van der Waals surface area contributed by atoms with E-state index < -0.39 is 0 Å². The van der Waals surface area contributed by atoms with E-state index in [1.807, 2.05) is 13.8 Å². The van der Waals surface area contributed by atoms with Crippen LogP contribution >= 0.6 is 11.3 Å². The molecule has 122 valence electrons. The van der Waals surface area contributed by atoms with Gasteiger partial charge in [0, 0.05) is 10.9 Å². The first-order valence-corrected chi connectivity index (χ1v) is 9.10. The van der Waals surface area contributed by atoms with Crippen molar-refractivity contribution in [3.63, 3.8) is 0 Å². The van der Waals surface area contributed by atoms with E-state index in [9.17, 15) is 4.79 Å². The number of aryl methyl sites for hydroxylation is 2. The molecule has 0 saturated heterocycles. The smallest absolute Gasteiger partial charge is 0.259 e. The van der Waals surface area contributed by atoms with Gasteiger partial charge in [0.15, 0.2) is 0 Å². The molecule has 0 aliphatic rings. The molecule has 0 aliphatic heterocycles. The van der Waals surface area contributed by atoms with E-state index in [1.54, 1.807) is 11.3 Å². The van der Waals surface area contributed by atoms with Crippen LogP contribution < -0.4 is 10.9 Å². The van der Waals surface area contributed by atoms with Crippen LogP contribution in [-0.4, -0.2) is 16.0 Å². The second kappa shape index (κ2) is 7.88. The minimum atomic E-state index is -0.0114. The molecule has 2 aromatic heterocycles. The number of nitrogens with zero attached hydrogens (tertiary/aromatic N) is 1. The summed E-state index contributed by atoms with van der Waals surface area (Å²) >= 11 is 1.61. The lowest BCUT2D eigenvalue weighted by molar-refractivity contribution is 0.441. The Morgan fingerprint density at radius 2 is 2.05 bits per heavy atom. The fourth-order valence-corrected chi connectivity index (χ4v) is 3.76. The molecule has 0 aromatic carbocycles. The third-order valence-corrected chi connectivity index (χ3v) is 5.40. The quantitative estimate of drug-likeness (QED) is 0.721. The highest BCUT2D eigenvalue weighted by molar-refractivity contribution is 7.18. The Hall–Kier alpha value is -1.20. The van der Waals surface area contributed by atoms with Crippen molar-refractivity contribution in [1.82, 2.24) is 15.3 Å². The van der Waals surface area contributed by atoms with Gasteiger partial charge in [0.1, 0.15) is 10.7 Å². The normalized spacial score (nSPS) is 12.9. The van der Waals surface area contributed by atoms with E-state index in [1.165, 1.54) is 30.6 Å². The van der Waals surface area contributed by atoms with Crippen LogP contribution in [0.5, 0.6) is 0 Å². The molecule has 2 N–H and O–H groups in total. The lowest BCUT2D eigenvalue weighted by Gasteiger charge is -2.16. The molecule has 0 radical (unpaired) electrons. The van der Waals surface area contributed by atoms with Crippen LogP contribution in [0.25, 0.3) is 10.2 Å². The second-order valence-corrected chi connectivity index (χ2v) is 7.16. The van der Waals surface area contributed by atoms with E-state index in [0.717, 1.165) is 28.0 Å². The Labute approximate surface area is 136 Å². The van der Waals surface area contributed by atoms with Crippen molar-refractivity contribution in [2.75, 3.05) is 0 Å². The Kier molecular flexibility index (Phi) is 6.15. The van der Waals surface area contributed by atoms with Gasteiger partial charge in [-0.2, -0.15) is 0 Å². The molecule has 0 amide bonds. The zero-order valence-corrected chi connectivity index (χ0v) is 14.9. The number of aromatic amines is 1. The predicted octanol–water partition coefficient (Wildman–Crippen LogP) is 4.05. The van der Waals surface area contributed by atoms with Crippen LogP contribution in [0.15, 0.2) is 4.79 Å². The number of nitrogens with one attached hydrogen (secondary N) is 2. The largest absolute Gasteiger partial charge is 0.309 e. The van der Waals surface area contributed by atoms with E-state index in [2.05, 4.69) is 29.1 Å². The third kappa shape index (κ3) is 3.96. The summed E-state index contributed by atoms with van der Waals surface area (Å²) in [6, 6.07) is 0.499. The Balaban J connectivity index is 2.07. The van der Waals surface area contributed by atoms with Gasteiger partial charge in [-0.25, -0.2) is 4.98 Å². The van der Waals surface area contributed by atoms with Crippen LogP contribution in [0.1, 0.15) is 62.2 Å². The summed E-state index contributed by atoms with van der Waals surface area (Å²) in [5.41, 5.74) is 1.04. The first-order valence-electron chi connectivity index (χ1n) is 8.29. The average molecular weight is 321 g/mol. The van der Waals surface area contributed by atoms with Crippen molar-refractivity contribution in [1.29, 1.82) is 0 Å². The number of unbranched alkanes of at least 4 members (excludes halogenated alkanes) is 2. The summed E-state index contributed by atoms with van der Waals surface area (Å²) < 4.78 is 0. The number of hydrogen-bond donors (Lipinski definition) is 2. The van der Waals surface area contributed by atoms with Gasteiger partial charge in [-0.1, -0.05) is 33.1 Å². The van der Waals surface area contributed by atoms with E-state index in [-0.39, 0.29) is 5.56 Å². The fourth-order valence-electron chi connectivity index (χ4n) is 2.72. The molecule has 2 aromatic rings. The Morgan fingerprint density at radius 1 is 1.27 bits per heavy atom. The molecule has 1 atom stereocenters. The maximum Gasteiger partial charge on any atom is 0.259 e. The monoisotopic (exact) mass is 321 g/mol. The van der Waals surface area contributed by atoms with Crippen LogP contribution in [-0.2, 0) is 6.54 Å². The minimum Gasteiger partial charge on any atom is -0.309 e. The molecule has 0 aliphatic carbocycles. The number of aromatic nitrogens is 2. The highest BCUT2D eigenvalue weighted by Gasteiger charge is 2.12. The molecule has 0 bridgehead atoms. The highest BCUT2D eigenvalue weighted by atomic mass is 32.1. The zero-order chi connectivity index (χ0) is 16.1. The number of rotatable bonds is 8. The molecular weight excluding hydrogens is 294 g/mol. The fraction of sp³-hybridized carbons (Fsp3) is 0.647. The number of thiophene rings is 1. The number of H-pyrrole nitrogens is 1. The summed E-state index contributed by atoms with van der Waals surface area (Å²) in [5.74, 6) is 0.743. The van der Waals surface area contributed by atoms with Gasteiger partial charge in [0.2, 0.25) is 0 Å². The molecule has 0 spiro atoms. The average Bonchev–Trinajstić information content (AvgIpc) is 2.78. The first-order chi connectivity index (χ1) is 10.6. The maximum atomic E-state index is 12.2. The van der Waals surface area contributed by atoms with Crippen LogP contribution in [0.4, 0.5) is 0 Å². The van der Waals surface area contributed by atoms with Crippen molar-refractivity contribution < 1.29 is 0 Å². The van der Waals surface area contributed by atoms with E-state index in [4.69, 9.17) is 0 Å². The molecule has 5 heteroatoms. The topological polar surface area (TPSA) is 57.8 Å². The maximum absolute atomic E-state index is 12.2. The standard InChI is InChI=1S/C17H27N3OS/c1-5-7-8-9-13(6-2)18-10-14-19-16(21)15-11(3)12(4)22-17(15)20-14/h13,18H,5-10H2,1-4H3,(H,19,20,21). The minimum absolute atomic E-state index is 0.0114. The third-order valence-electron chi connectivity index (χ3n) is 4.30. The SMILES string of the molecule is CCCCCC(CC)NCc1nc2sc(C)c(C)c2c(=O)[nH]1. The molecule has 2 heterocycles. The van der Waals surface area contributed by atoms with Crippen molar-refractivity contribution >= 4 is 21.6 Å². The van der Waals surface area contributed by atoms with Gasteiger partial charge >= 0.3 is 0 Å². The van der Waals surface area contributed by atoms with Crippen molar-refractivity contribution in [2.24, 2.45) is 0 Å². The van der Waals surface area contributed by atoms with Crippen LogP contribution in [0, 0.1) is 13.8 Å². The predicted molar refractivity (Wildman–Crippen MR) is 94.8 cm³/mol. The van der Waals surface area contributed by atoms with Gasteiger partial charge in [0.25, 0.3) is 5.56 Å². The molecule has 1 unspecified atom stereocenters. The van der Waals surface area contributed by atoms with Crippen molar-refractivity contribution in [2.45, 2.75) is 72.4 Å². The molecule has 2 rings (SSSR count). The molecular formula is C17H27N3OS. The van der Waals surface area contributed by atoms with Gasteiger partial charge in [-0.15, -0.1) is 11.3 Å². The van der Waals surface area contributed by atoms with Crippen molar-refractivity contribution in [3.8, 4) is 0 Å². The van der Waals surface area contributed by atoms with Crippen molar-refractivity contribution in [3.05, 3.63) is 26.6 Å². The first kappa shape index (κ1) is 17.2. The van der Waals surface area contributed by atoms with Crippen LogP contribution in [0.2, 0.25) is 0 Å². The molecule has 4 nitrogen and oxygen atoms in total. The van der Waals surface area contributed by atoms with E-state index >= 15 is 0 Å². The summed E-state index contributed by atoms with van der Waals surface area (Å²) in [6.07, 6.45) is 6.09. The van der Waals surface area contributed by atoms with Gasteiger partial charge in [0.05, 0.1) is 11.9 Å². The number of fused-ring (bicyclic) bond motifs is 1. The van der Waals surface area contributed by atoms with Gasteiger partial charge in [-0.05, 0) is 32.3 Å². The Bertz CT molecular complexity index is 674. The Morgan fingerprint density at radius 3 is 2.73 bits per heavy atom. The molecule has 0 saturated carbocycles. The van der Waals surface area contributed by atoms with E-state index in [0.29, 0.717) is 12.6 Å². The second-order valence-electron chi connectivity index (χ2n) is 5.96. The van der Waals surface area contributed by atoms with Gasteiger partial charge in [-0.3, -0.25) is 4.79 Å².